The van der Waals surface area contributed by atoms with E-state index in [1.165, 1.54) is 327 Å². The first kappa shape index (κ1) is 66.2. The summed E-state index contributed by atoms with van der Waals surface area (Å²) in [5, 5.41) is 11.0. The van der Waals surface area contributed by atoms with Crippen LogP contribution >= 0.6 is 0 Å². The molecule has 0 aliphatic heterocycles. The van der Waals surface area contributed by atoms with Crippen LogP contribution in [0.5, 0.6) is 0 Å². The SMILES string of the molecule is CCCCCCCCCCCCCCCCCCC=CCCCCCCCCCCCCCCCCCC(O)C(CCCCCCCCCCCCCCCCCCCCCC)C(=O)OCC. The Bertz CT molecular complexity index is 929. The number of aliphatic hydroxyl groups is 1. The molecule has 0 bridgehead atoms. The summed E-state index contributed by atoms with van der Waals surface area (Å²) < 4.78 is 5.39. The largest absolute Gasteiger partial charge is 0.466 e. The smallest absolute Gasteiger partial charge is 0.311 e. The van der Waals surface area contributed by atoms with Gasteiger partial charge in [0.2, 0.25) is 0 Å². The summed E-state index contributed by atoms with van der Waals surface area (Å²) in [6.07, 6.45) is 79.4. The summed E-state index contributed by atoms with van der Waals surface area (Å²) >= 11 is 0. The molecule has 0 rings (SSSR count). The number of ether oxygens (including phenoxy) is 1. The number of carbonyl (C=O) groups is 1. The summed E-state index contributed by atoms with van der Waals surface area (Å²) in [6.45, 7) is 6.88. The molecular formula is C64H126O3. The molecule has 0 saturated carbocycles. The van der Waals surface area contributed by atoms with Crippen LogP contribution in [0.3, 0.4) is 0 Å². The zero-order chi connectivity index (χ0) is 48.5. The average molecular weight is 944 g/mol. The maximum absolute atomic E-state index is 12.7. The number of allylic oxidation sites excluding steroid dienone is 2. The Morgan fingerprint density at radius 1 is 0.313 bits per heavy atom. The molecule has 3 heteroatoms. The van der Waals surface area contributed by atoms with E-state index in [1.54, 1.807) is 0 Å². The van der Waals surface area contributed by atoms with Crippen LogP contribution in [0.4, 0.5) is 0 Å². The minimum atomic E-state index is -0.551. The third-order valence-electron chi connectivity index (χ3n) is 15.2. The van der Waals surface area contributed by atoms with Crippen LogP contribution in [0, 0.1) is 5.92 Å². The van der Waals surface area contributed by atoms with Gasteiger partial charge in [0.05, 0.1) is 18.6 Å². The Labute approximate surface area is 423 Å². The van der Waals surface area contributed by atoms with Crippen LogP contribution < -0.4 is 0 Å². The van der Waals surface area contributed by atoms with Crippen molar-refractivity contribution in [2.24, 2.45) is 5.92 Å². The summed E-state index contributed by atoms with van der Waals surface area (Å²) in [4.78, 5) is 12.7. The van der Waals surface area contributed by atoms with Crippen LogP contribution in [-0.4, -0.2) is 23.8 Å². The average Bonchev–Trinajstić information content (AvgIpc) is 3.33. The summed E-state index contributed by atoms with van der Waals surface area (Å²) in [6, 6.07) is 0. The fourth-order valence-corrected chi connectivity index (χ4v) is 10.5. The van der Waals surface area contributed by atoms with E-state index in [0.29, 0.717) is 6.61 Å². The minimum absolute atomic E-state index is 0.179. The second kappa shape index (κ2) is 59.5. The predicted octanol–water partition coefficient (Wildman–Crippen LogP) is 22.6. The van der Waals surface area contributed by atoms with E-state index in [4.69, 9.17) is 4.74 Å². The molecule has 0 spiro atoms. The van der Waals surface area contributed by atoms with E-state index in [2.05, 4.69) is 26.0 Å². The molecule has 1 N–H and O–H groups in total. The van der Waals surface area contributed by atoms with E-state index in [-0.39, 0.29) is 11.9 Å². The molecule has 0 heterocycles. The van der Waals surface area contributed by atoms with Gasteiger partial charge in [0.1, 0.15) is 0 Å². The molecule has 0 aromatic heterocycles. The molecule has 2 atom stereocenters. The molecule has 0 fully saturated rings. The van der Waals surface area contributed by atoms with Crippen LogP contribution in [0.15, 0.2) is 12.2 Å². The van der Waals surface area contributed by atoms with E-state index in [0.717, 1.165) is 25.7 Å². The molecular weight excluding hydrogens is 817 g/mol. The van der Waals surface area contributed by atoms with Crippen molar-refractivity contribution in [3.05, 3.63) is 12.2 Å². The standard InChI is InChI=1S/C64H126O3/c1-4-7-9-11-13-15-17-19-21-23-25-27-28-29-30-31-32-33-34-35-36-37-38-39-40-41-43-45-47-49-51-53-55-57-59-61-63(65)62(64(66)67-6-3)60-58-56-54-52-50-48-46-44-42-26-24-22-20-18-16-14-12-10-8-5-2/h33-34,62-63,65H,4-32,35-61H2,1-3H3. The Morgan fingerprint density at radius 2 is 0.522 bits per heavy atom. The molecule has 0 aliphatic carbocycles. The van der Waals surface area contributed by atoms with Crippen molar-refractivity contribution < 1.29 is 14.6 Å². The lowest BCUT2D eigenvalue weighted by Crippen LogP contribution is -2.30. The molecule has 2 unspecified atom stereocenters. The topological polar surface area (TPSA) is 46.5 Å². The van der Waals surface area contributed by atoms with Gasteiger partial charge in [-0.1, -0.05) is 341 Å². The number of hydrogen-bond acceptors (Lipinski definition) is 3. The van der Waals surface area contributed by atoms with Crippen LogP contribution in [0.25, 0.3) is 0 Å². The zero-order valence-electron chi connectivity index (χ0n) is 46.7. The van der Waals surface area contributed by atoms with Gasteiger partial charge in [-0.3, -0.25) is 4.79 Å². The lowest BCUT2D eigenvalue weighted by Gasteiger charge is -2.21. The van der Waals surface area contributed by atoms with Gasteiger partial charge in [-0.2, -0.15) is 0 Å². The summed E-state index contributed by atoms with van der Waals surface area (Å²) in [7, 11) is 0. The molecule has 0 aromatic carbocycles. The highest BCUT2D eigenvalue weighted by molar-refractivity contribution is 5.73. The van der Waals surface area contributed by atoms with Crippen molar-refractivity contribution in [2.75, 3.05) is 6.61 Å². The third-order valence-corrected chi connectivity index (χ3v) is 15.2. The zero-order valence-corrected chi connectivity index (χ0v) is 46.7. The highest BCUT2D eigenvalue weighted by Crippen LogP contribution is 2.23. The Balaban J connectivity index is 3.51. The van der Waals surface area contributed by atoms with E-state index in [9.17, 15) is 9.90 Å². The first-order chi connectivity index (χ1) is 33.2. The van der Waals surface area contributed by atoms with Crippen molar-refractivity contribution >= 4 is 5.97 Å². The molecule has 0 amide bonds. The molecule has 0 radical (unpaired) electrons. The van der Waals surface area contributed by atoms with Gasteiger partial charge in [0.15, 0.2) is 0 Å². The quantitative estimate of drug-likeness (QED) is 0.0375. The van der Waals surface area contributed by atoms with Crippen LogP contribution in [0.1, 0.15) is 374 Å². The van der Waals surface area contributed by atoms with Crippen molar-refractivity contribution in [3.8, 4) is 0 Å². The normalized spacial score (nSPS) is 12.7. The highest BCUT2D eigenvalue weighted by atomic mass is 16.5. The molecule has 0 aromatic rings. The Kier molecular flexibility index (Phi) is 58.7. The Hall–Kier alpha value is -0.830. The van der Waals surface area contributed by atoms with Gasteiger partial charge in [-0.15, -0.1) is 0 Å². The van der Waals surface area contributed by atoms with E-state index >= 15 is 0 Å². The van der Waals surface area contributed by atoms with Crippen molar-refractivity contribution in [2.45, 2.75) is 380 Å². The number of rotatable bonds is 59. The number of hydrogen-bond donors (Lipinski definition) is 1. The predicted molar refractivity (Wildman–Crippen MR) is 301 cm³/mol. The van der Waals surface area contributed by atoms with Gasteiger partial charge >= 0.3 is 5.97 Å². The minimum Gasteiger partial charge on any atom is -0.466 e. The molecule has 0 saturated heterocycles. The molecule has 400 valence electrons. The van der Waals surface area contributed by atoms with E-state index in [1.807, 2.05) is 6.92 Å². The van der Waals surface area contributed by atoms with E-state index < -0.39 is 6.10 Å². The molecule has 67 heavy (non-hydrogen) atoms. The Morgan fingerprint density at radius 3 is 0.761 bits per heavy atom. The summed E-state index contributed by atoms with van der Waals surface area (Å²) in [5.74, 6) is -0.521. The van der Waals surface area contributed by atoms with Crippen molar-refractivity contribution in [1.29, 1.82) is 0 Å². The number of esters is 1. The monoisotopic (exact) mass is 943 g/mol. The molecule has 3 nitrogen and oxygen atoms in total. The summed E-state index contributed by atoms with van der Waals surface area (Å²) in [5.41, 5.74) is 0. The second-order valence-corrected chi connectivity index (χ2v) is 21.9. The maximum Gasteiger partial charge on any atom is 0.311 e. The fourth-order valence-electron chi connectivity index (χ4n) is 10.5. The lowest BCUT2D eigenvalue weighted by atomic mass is 9.91. The first-order valence-corrected chi connectivity index (χ1v) is 31.7. The number of aliphatic hydroxyl groups excluding tert-OH is 1. The van der Waals surface area contributed by atoms with Gasteiger partial charge in [0.25, 0.3) is 0 Å². The van der Waals surface area contributed by atoms with Gasteiger partial charge in [-0.25, -0.2) is 0 Å². The van der Waals surface area contributed by atoms with Gasteiger partial charge in [-0.05, 0) is 45.4 Å². The third kappa shape index (κ3) is 54.4. The first-order valence-electron chi connectivity index (χ1n) is 31.7. The fraction of sp³-hybridized carbons (Fsp3) is 0.953. The number of unbranched alkanes of at least 4 members (excludes halogenated alkanes) is 50. The highest BCUT2D eigenvalue weighted by Gasteiger charge is 2.27. The maximum atomic E-state index is 12.7. The van der Waals surface area contributed by atoms with Crippen LogP contribution in [0.2, 0.25) is 0 Å². The second-order valence-electron chi connectivity index (χ2n) is 21.9. The van der Waals surface area contributed by atoms with Gasteiger partial charge in [0, 0.05) is 0 Å². The number of carbonyl (C=O) groups excluding carboxylic acids is 1. The lowest BCUT2D eigenvalue weighted by molar-refractivity contribution is -0.152. The van der Waals surface area contributed by atoms with Crippen molar-refractivity contribution in [3.63, 3.8) is 0 Å². The van der Waals surface area contributed by atoms with Gasteiger partial charge < -0.3 is 9.84 Å². The van der Waals surface area contributed by atoms with Crippen molar-refractivity contribution in [1.82, 2.24) is 0 Å². The van der Waals surface area contributed by atoms with Crippen LogP contribution in [-0.2, 0) is 9.53 Å². The molecule has 0 aliphatic rings.